The number of aliphatic hydroxyl groups is 4. The molecular weight excluding hydrogens is 194 g/mol. The Morgan fingerprint density at radius 3 is 2.07 bits per heavy atom. The molecule has 0 aliphatic rings. The van der Waals surface area contributed by atoms with Gasteiger partial charge in [0.25, 0.3) is 0 Å². The highest BCUT2D eigenvalue weighted by molar-refractivity contribution is 5.80. The Bertz CT molecular complexity index is 202. The largest absolute Gasteiger partial charge is 0.394 e. The van der Waals surface area contributed by atoms with Crippen LogP contribution in [0.5, 0.6) is 0 Å². The summed E-state index contributed by atoms with van der Waals surface area (Å²) < 4.78 is 0. The van der Waals surface area contributed by atoms with Crippen LogP contribution in [0.15, 0.2) is 5.18 Å². The van der Waals surface area contributed by atoms with Crippen molar-refractivity contribution in [1.29, 1.82) is 0 Å². The molecule has 0 fully saturated rings. The van der Waals surface area contributed by atoms with Crippen LogP contribution >= 0.6 is 0 Å². The fraction of sp³-hybridized carbons (Fsp3) is 0.857. The molecule has 0 rings (SSSR count). The average Bonchev–Trinajstić information content (AvgIpc) is 2.17. The zero-order valence-corrected chi connectivity index (χ0v) is 7.57. The predicted octanol–water partition coefficient (Wildman–Crippen LogP) is -2.21. The van der Waals surface area contributed by atoms with Gasteiger partial charge >= 0.3 is 0 Å². The summed E-state index contributed by atoms with van der Waals surface area (Å²) >= 11 is 0. The maximum Gasteiger partial charge on any atom is 0.160 e. The molecule has 0 heterocycles. The lowest BCUT2D eigenvalue weighted by molar-refractivity contribution is -0.137. The van der Waals surface area contributed by atoms with Crippen LogP contribution < -0.4 is 0 Å². The molecule has 0 saturated heterocycles. The molecule has 0 spiro atoms. The van der Waals surface area contributed by atoms with Crippen molar-refractivity contribution in [3.63, 3.8) is 0 Å². The van der Waals surface area contributed by atoms with E-state index in [-0.39, 0.29) is 0 Å². The van der Waals surface area contributed by atoms with Crippen LogP contribution in [0.3, 0.4) is 0 Å². The minimum Gasteiger partial charge on any atom is -0.394 e. The quantitative estimate of drug-likeness (QED) is 0.365. The standard InChI is InChI=1S/C7H13NO6/c1-3(10)5(11)7(13)6(12)4(2-9)8-14/h4-7,9,11-13H,2H2,1H3/t4-,5+,6-,7-/m1/s1. The van der Waals surface area contributed by atoms with Gasteiger partial charge in [0.2, 0.25) is 0 Å². The van der Waals surface area contributed by atoms with Crippen molar-refractivity contribution in [2.45, 2.75) is 31.3 Å². The van der Waals surface area contributed by atoms with Crippen LogP contribution in [0, 0.1) is 4.91 Å². The van der Waals surface area contributed by atoms with Crippen molar-refractivity contribution in [3.05, 3.63) is 4.91 Å². The summed E-state index contributed by atoms with van der Waals surface area (Å²) in [5.41, 5.74) is 0. The minimum atomic E-state index is -1.83. The third-order valence-electron chi connectivity index (χ3n) is 1.81. The van der Waals surface area contributed by atoms with E-state index in [1.165, 1.54) is 0 Å². The van der Waals surface area contributed by atoms with Gasteiger partial charge in [-0.2, -0.15) is 4.91 Å². The van der Waals surface area contributed by atoms with E-state index in [0.717, 1.165) is 6.92 Å². The van der Waals surface area contributed by atoms with Gasteiger partial charge in [0.15, 0.2) is 5.78 Å². The summed E-state index contributed by atoms with van der Waals surface area (Å²) in [5.74, 6) is -0.751. The fourth-order valence-corrected chi connectivity index (χ4v) is 0.859. The number of hydrogen-bond donors (Lipinski definition) is 4. The van der Waals surface area contributed by atoms with Gasteiger partial charge in [-0.15, -0.1) is 0 Å². The molecule has 82 valence electrons. The minimum absolute atomic E-state index is 0.751. The Kier molecular flexibility index (Phi) is 5.39. The maximum absolute atomic E-state index is 10.6. The molecule has 0 aromatic carbocycles. The zero-order chi connectivity index (χ0) is 11.3. The lowest BCUT2D eigenvalue weighted by Gasteiger charge is -2.23. The van der Waals surface area contributed by atoms with Crippen molar-refractivity contribution >= 4 is 5.78 Å². The van der Waals surface area contributed by atoms with E-state index < -0.39 is 36.7 Å². The van der Waals surface area contributed by atoms with Crippen LogP contribution in [0.4, 0.5) is 0 Å². The van der Waals surface area contributed by atoms with Gasteiger partial charge in [0, 0.05) is 0 Å². The van der Waals surface area contributed by atoms with E-state index >= 15 is 0 Å². The number of ketones is 1. The van der Waals surface area contributed by atoms with E-state index in [0.29, 0.717) is 0 Å². The first-order valence-corrected chi connectivity index (χ1v) is 3.93. The van der Waals surface area contributed by atoms with E-state index in [4.69, 9.17) is 15.3 Å². The molecule has 7 heteroatoms. The van der Waals surface area contributed by atoms with Gasteiger partial charge in [-0.05, 0) is 6.92 Å². The molecule has 0 amide bonds. The Labute approximate surface area is 80.0 Å². The Morgan fingerprint density at radius 2 is 1.79 bits per heavy atom. The summed E-state index contributed by atoms with van der Waals surface area (Å²) in [6.45, 7) is 0.245. The van der Waals surface area contributed by atoms with Crippen LogP contribution in [-0.4, -0.2) is 57.2 Å². The molecule has 0 radical (unpaired) electrons. The number of nitrogens with zero attached hydrogens (tertiary/aromatic N) is 1. The second-order valence-corrected chi connectivity index (χ2v) is 2.89. The maximum atomic E-state index is 10.6. The highest BCUT2D eigenvalue weighted by atomic mass is 16.4. The lowest BCUT2D eigenvalue weighted by Crippen LogP contribution is -2.47. The van der Waals surface area contributed by atoms with Crippen molar-refractivity contribution < 1.29 is 25.2 Å². The highest BCUT2D eigenvalue weighted by Crippen LogP contribution is 2.08. The van der Waals surface area contributed by atoms with Gasteiger partial charge in [-0.25, -0.2) is 0 Å². The summed E-state index contributed by atoms with van der Waals surface area (Å²) in [5, 5.41) is 38.2. The lowest BCUT2D eigenvalue weighted by atomic mass is 10.00. The molecule has 0 unspecified atom stereocenters. The van der Waals surface area contributed by atoms with Crippen molar-refractivity contribution in [3.8, 4) is 0 Å². The van der Waals surface area contributed by atoms with Crippen LogP contribution in [-0.2, 0) is 4.79 Å². The summed E-state index contributed by atoms with van der Waals surface area (Å²) in [4.78, 5) is 20.6. The Hall–Kier alpha value is -0.890. The van der Waals surface area contributed by atoms with E-state index in [2.05, 4.69) is 5.18 Å². The summed E-state index contributed by atoms with van der Waals surface area (Å²) in [7, 11) is 0. The second kappa shape index (κ2) is 5.76. The number of aliphatic hydroxyl groups excluding tert-OH is 4. The molecule has 0 bridgehead atoms. The number of carbonyl (C=O) groups excluding carboxylic acids is 1. The summed E-state index contributed by atoms with van der Waals surface area (Å²) in [6.07, 6.45) is -5.39. The first-order chi connectivity index (χ1) is 6.45. The fourth-order valence-electron chi connectivity index (χ4n) is 0.859. The molecule has 0 aliphatic heterocycles. The smallest absolute Gasteiger partial charge is 0.160 e. The van der Waals surface area contributed by atoms with E-state index in [1.54, 1.807) is 0 Å². The van der Waals surface area contributed by atoms with Crippen molar-refractivity contribution in [2.24, 2.45) is 5.18 Å². The molecular formula is C7H13NO6. The van der Waals surface area contributed by atoms with Crippen molar-refractivity contribution in [1.82, 2.24) is 0 Å². The normalized spacial score (nSPS) is 19.5. The second-order valence-electron chi connectivity index (χ2n) is 2.89. The van der Waals surface area contributed by atoms with E-state index in [9.17, 15) is 14.8 Å². The number of rotatable bonds is 6. The van der Waals surface area contributed by atoms with Gasteiger partial charge in [-0.1, -0.05) is 5.18 Å². The molecule has 0 saturated carbocycles. The summed E-state index contributed by atoms with van der Waals surface area (Å²) in [6, 6.07) is -1.46. The SMILES string of the molecule is CC(=O)[C@H](O)[C@@H](O)[C@H](O)[C@@H](CO)N=O. The third-order valence-corrected chi connectivity index (χ3v) is 1.81. The molecule has 4 atom stereocenters. The number of hydrogen-bond acceptors (Lipinski definition) is 7. The third kappa shape index (κ3) is 3.11. The molecule has 14 heavy (non-hydrogen) atoms. The average molecular weight is 207 g/mol. The van der Waals surface area contributed by atoms with Gasteiger partial charge in [0.05, 0.1) is 6.61 Å². The van der Waals surface area contributed by atoms with Gasteiger partial charge in [-0.3, -0.25) is 4.79 Å². The first-order valence-electron chi connectivity index (χ1n) is 3.93. The molecule has 0 aliphatic carbocycles. The topological polar surface area (TPSA) is 127 Å². The first kappa shape index (κ1) is 13.1. The molecule has 4 N–H and O–H groups in total. The zero-order valence-electron chi connectivity index (χ0n) is 7.57. The Balaban J connectivity index is 4.43. The van der Waals surface area contributed by atoms with Gasteiger partial charge in [0.1, 0.15) is 24.4 Å². The predicted molar refractivity (Wildman–Crippen MR) is 45.4 cm³/mol. The molecule has 7 nitrogen and oxygen atoms in total. The van der Waals surface area contributed by atoms with Crippen LogP contribution in [0.25, 0.3) is 0 Å². The monoisotopic (exact) mass is 207 g/mol. The number of Topliss-reactive ketones (excluding diaryl/α,β-unsaturated/α-hetero) is 1. The number of nitroso groups, excluding NO2 is 1. The van der Waals surface area contributed by atoms with Crippen molar-refractivity contribution in [2.75, 3.05) is 6.61 Å². The van der Waals surface area contributed by atoms with E-state index in [1.807, 2.05) is 0 Å². The van der Waals surface area contributed by atoms with Gasteiger partial charge < -0.3 is 20.4 Å². The van der Waals surface area contributed by atoms with Crippen LogP contribution in [0.1, 0.15) is 6.92 Å². The molecule has 0 aromatic rings. The highest BCUT2D eigenvalue weighted by Gasteiger charge is 2.33. The Morgan fingerprint density at radius 1 is 1.29 bits per heavy atom. The molecule has 0 aromatic heterocycles. The van der Waals surface area contributed by atoms with Crippen LogP contribution in [0.2, 0.25) is 0 Å². The number of carbonyl (C=O) groups is 1.